The van der Waals surface area contributed by atoms with E-state index >= 15 is 0 Å². The highest BCUT2D eigenvalue weighted by atomic mass is 35.5. The smallest absolute Gasteiger partial charge is 0.346 e. The molecule has 0 aromatic carbocycles. The van der Waals surface area contributed by atoms with Crippen LogP contribution in [0.3, 0.4) is 0 Å². The van der Waals surface area contributed by atoms with E-state index < -0.39 is 36.8 Å². The Hall–Kier alpha value is -1.19. The zero-order chi connectivity index (χ0) is 14.7. The van der Waals surface area contributed by atoms with Gasteiger partial charge in [-0.25, -0.2) is 8.78 Å². The third-order valence-electron chi connectivity index (χ3n) is 2.12. The van der Waals surface area contributed by atoms with Gasteiger partial charge in [0.25, 0.3) is 11.8 Å². The Kier molecular flexibility index (Phi) is 8.73. The van der Waals surface area contributed by atoms with Gasteiger partial charge in [0.2, 0.25) is 0 Å². The second kappa shape index (κ2) is 8.30. The highest BCUT2D eigenvalue weighted by molar-refractivity contribution is 5.93. The van der Waals surface area contributed by atoms with Crippen LogP contribution in [0.1, 0.15) is 16.1 Å². The van der Waals surface area contributed by atoms with Crippen LogP contribution >= 0.6 is 24.8 Å². The number of rotatable bonds is 4. The fraction of sp³-hybridized carbons (Fsp3) is 0.400. The lowest BCUT2D eigenvalue weighted by Crippen LogP contribution is -2.41. The molecule has 0 saturated heterocycles. The number of carbonyl (C=O) groups is 1. The molecule has 0 bridgehead atoms. The number of hydrogen-bond acceptors (Lipinski definition) is 3. The van der Waals surface area contributed by atoms with Gasteiger partial charge in [0.15, 0.2) is 0 Å². The van der Waals surface area contributed by atoms with Crippen molar-refractivity contribution in [3.63, 3.8) is 0 Å². The van der Waals surface area contributed by atoms with Crippen molar-refractivity contribution in [1.82, 2.24) is 10.3 Å². The van der Waals surface area contributed by atoms with Crippen LogP contribution in [0.4, 0.5) is 22.0 Å². The molecule has 1 heterocycles. The van der Waals surface area contributed by atoms with Crippen LogP contribution in [0, 0.1) is 0 Å². The largest absolute Gasteiger partial charge is 0.433 e. The molecule has 122 valence electrons. The first kappa shape index (κ1) is 22.1. The lowest BCUT2D eigenvalue weighted by molar-refractivity contribution is -0.141. The minimum Gasteiger partial charge on any atom is -0.346 e. The molecule has 0 spiro atoms. The molecule has 11 heteroatoms. The van der Waals surface area contributed by atoms with Crippen molar-refractivity contribution in [2.24, 2.45) is 5.73 Å². The molecule has 0 aliphatic heterocycles. The number of pyridine rings is 1. The first-order valence-corrected chi connectivity index (χ1v) is 5.05. The summed E-state index contributed by atoms with van der Waals surface area (Å²) in [5, 5.41) is 1.86. The van der Waals surface area contributed by atoms with Crippen molar-refractivity contribution in [1.29, 1.82) is 0 Å². The summed E-state index contributed by atoms with van der Waals surface area (Å²) >= 11 is 0. The predicted octanol–water partition coefficient (Wildman–Crippen LogP) is 2.27. The van der Waals surface area contributed by atoms with Crippen LogP contribution in [-0.2, 0) is 6.18 Å². The number of aromatic nitrogens is 1. The number of nitrogens with zero attached hydrogens (tertiary/aromatic N) is 1. The molecule has 1 amide bonds. The molecule has 21 heavy (non-hydrogen) atoms. The zero-order valence-corrected chi connectivity index (χ0v) is 11.9. The van der Waals surface area contributed by atoms with Crippen LogP contribution in [0.15, 0.2) is 18.3 Å². The third kappa shape index (κ3) is 6.87. The summed E-state index contributed by atoms with van der Waals surface area (Å²) in [6, 6.07) is 1.45. The number of alkyl halides is 5. The lowest BCUT2D eigenvalue weighted by Gasteiger charge is -2.14. The van der Waals surface area contributed by atoms with Crippen LogP contribution in [0.2, 0.25) is 0 Å². The predicted molar refractivity (Wildman–Crippen MR) is 70.1 cm³/mol. The van der Waals surface area contributed by atoms with E-state index in [-0.39, 0.29) is 30.4 Å². The van der Waals surface area contributed by atoms with Crippen LogP contribution < -0.4 is 11.1 Å². The van der Waals surface area contributed by atoms with E-state index in [4.69, 9.17) is 5.73 Å². The average Bonchev–Trinajstić information content (AvgIpc) is 2.35. The third-order valence-corrected chi connectivity index (χ3v) is 2.12. The number of nitrogens with two attached hydrogens (primary N) is 1. The topological polar surface area (TPSA) is 68.0 Å². The summed E-state index contributed by atoms with van der Waals surface area (Å²) in [5.41, 5.74) is 3.34. The summed E-state index contributed by atoms with van der Waals surface area (Å²) in [6.45, 7) is -1.94. The number of carbonyl (C=O) groups excluding carboxylic acids is 1. The Balaban J connectivity index is 0. The number of halogens is 7. The molecule has 0 radical (unpaired) electrons. The summed E-state index contributed by atoms with van der Waals surface area (Å²) in [7, 11) is 0. The van der Waals surface area contributed by atoms with Gasteiger partial charge in [-0.3, -0.25) is 9.78 Å². The van der Waals surface area contributed by atoms with E-state index in [1.165, 1.54) is 0 Å². The summed E-state index contributed by atoms with van der Waals surface area (Å²) < 4.78 is 62.1. The normalized spacial score (nSPS) is 11.1. The molecular formula is C10H12Cl2F5N3O. The van der Waals surface area contributed by atoms with Gasteiger partial charge in [-0.1, -0.05) is 0 Å². The zero-order valence-electron chi connectivity index (χ0n) is 10.3. The number of amides is 1. The molecule has 0 saturated carbocycles. The SMILES string of the molecule is Cl.Cl.NCC(F)(F)CNC(=O)c1ccc(C(F)(F)F)nc1. The van der Waals surface area contributed by atoms with Gasteiger partial charge in [0, 0.05) is 6.20 Å². The molecule has 1 aromatic heterocycles. The molecule has 3 N–H and O–H groups in total. The minimum absolute atomic E-state index is 0. The Labute approximate surface area is 129 Å². The molecule has 0 fully saturated rings. The van der Waals surface area contributed by atoms with Crippen molar-refractivity contribution >= 4 is 30.7 Å². The molecule has 1 rings (SSSR count). The Bertz CT molecular complexity index is 453. The highest BCUT2D eigenvalue weighted by Gasteiger charge is 2.32. The van der Waals surface area contributed by atoms with Gasteiger partial charge in [-0.15, -0.1) is 24.8 Å². The first-order valence-electron chi connectivity index (χ1n) is 5.05. The van der Waals surface area contributed by atoms with Gasteiger partial charge < -0.3 is 11.1 Å². The van der Waals surface area contributed by atoms with E-state index in [1.54, 1.807) is 0 Å². The lowest BCUT2D eigenvalue weighted by atomic mass is 10.2. The molecular weight excluding hydrogens is 344 g/mol. The van der Waals surface area contributed by atoms with Gasteiger partial charge in [-0.05, 0) is 12.1 Å². The molecule has 4 nitrogen and oxygen atoms in total. The summed E-state index contributed by atoms with van der Waals surface area (Å²) in [6.07, 6.45) is -3.96. The molecule has 0 aliphatic carbocycles. The van der Waals surface area contributed by atoms with Gasteiger partial charge >= 0.3 is 6.18 Å². The minimum atomic E-state index is -4.62. The van der Waals surface area contributed by atoms with Crippen molar-refractivity contribution < 1.29 is 26.7 Å². The van der Waals surface area contributed by atoms with Crippen LogP contribution in [-0.4, -0.2) is 29.9 Å². The maximum Gasteiger partial charge on any atom is 0.433 e. The van der Waals surface area contributed by atoms with E-state index in [9.17, 15) is 26.7 Å². The van der Waals surface area contributed by atoms with E-state index in [0.717, 1.165) is 6.07 Å². The standard InChI is InChI=1S/C10H10F5N3O.2ClH/c11-9(12,4-16)5-18-8(19)6-1-2-7(17-3-6)10(13,14)15;;/h1-3H,4-5,16H2,(H,18,19);2*1H. The van der Waals surface area contributed by atoms with Gasteiger partial charge in [-0.2, -0.15) is 13.2 Å². The van der Waals surface area contributed by atoms with Crippen LogP contribution in [0.5, 0.6) is 0 Å². The molecule has 0 aliphatic rings. The maximum absolute atomic E-state index is 12.7. The Morgan fingerprint density at radius 2 is 1.76 bits per heavy atom. The van der Waals surface area contributed by atoms with E-state index in [0.29, 0.717) is 12.3 Å². The average molecular weight is 356 g/mol. The molecule has 0 atom stereocenters. The quantitative estimate of drug-likeness (QED) is 0.814. The summed E-state index contributed by atoms with van der Waals surface area (Å²) in [5.74, 6) is -4.22. The fourth-order valence-corrected chi connectivity index (χ4v) is 1.08. The van der Waals surface area contributed by atoms with Crippen molar-refractivity contribution in [3.8, 4) is 0 Å². The second-order valence-corrected chi connectivity index (χ2v) is 3.67. The van der Waals surface area contributed by atoms with E-state index in [1.807, 2.05) is 5.32 Å². The molecule has 0 unspecified atom stereocenters. The monoisotopic (exact) mass is 355 g/mol. The van der Waals surface area contributed by atoms with Crippen molar-refractivity contribution in [2.75, 3.05) is 13.1 Å². The van der Waals surface area contributed by atoms with Crippen molar-refractivity contribution in [2.45, 2.75) is 12.1 Å². The maximum atomic E-state index is 12.7. The van der Waals surface area contributed by atoms with E-state index in [2.05, 4.69) is 4.98 Å². The van der Waals surface area contributed by atoms with Crippen molar-refractivity contribution in [3.05, 3.63) is 29.6 Å². The summed E-state index contributed by atoms with van der Waals surface area (Å²) in [4.78, 5) is 14.4. The highest BCUT2D eigenvalue weighted by Crippen LogP contribution is 2.27. The Morgan fingerprint density at radius 1 is 1.19 bits per heavy atom. The molecule has 1 aromatic rings. The van der Waals surface area contributed by atoms with Gasteiger partial charge in [0.05, 0.1) is 18.7 Å². The second-order valence-electron chi connectivity index (χ2n) is 3.67. The Morgan fingerprint density at radius 3 is 2.14 bits per heavy atom. The van der Waals surface area contributed by atoms with Crippen LogP contribution in [0.25, 0.3) is 0 Å². The first-order chi connectivity index (χ1) is 8.65. The number of hydrogen-bond donors (Lipinski definition) is 2. The van der Waals surface area contributed by atoms with Gasteiger partial charge in [0.1, 0.15) is 5.69 Å². The fourth-order valence-electron chi connectivity index (χ4n) is 1.08. The number of nitrogens with one attached hydrogen (secondary N) is 1.